The van der Waals surface area contributed by atoms with Gasteiger partial charge in [0.25, 0.3) is 5.91 Å². The first-order chi connectivity index (χ1) is 12.5. The number of H-pyrrole nitrogens is 1. The summed E-state index contributed by atoms with van der Waals surface area (Å²) in [5, 5.41) is 12.6. The minimum Gasteiger partial charge on any atom is -0.482 e. The number of carboxylic acids is 1. The fraction of sp³-hybridized carbons (Fsp3) is 0.105. The predicted molar refractivity (Wildman–Crippen MR) is 93.6 cm³/mol. The summed E-state index contributed by atoms with van der Waals surface area (Å²) in [5.41, 5.74) is 2.12. The summed E-state index contributed by atoms with van der Waals surface area (Å²) < 4.78 is 5.29. The minimum atomic E-state index is -1.02. The van der Waals surface area contributed by atoms with Crippen LogP contribution in [0.4, 0.5) is 5.69 Å². The van der Waals surface area contributed by atoms with Crippen LogP contribution < -0.4 is 10.1 Å². The van der Waals surface area contributed by atoms with Crippen molar-refractivity contribution in [1.82, 2.24) is 4.98 Å². The lowest BCUT2D eigenvalue weighted by Gasteiger charge is -2.18. The molecule has 7 heteroatoms. The lowest BCUT2D eigenvalue weighted by Crippen LogP contribution is -2.25. The number of benzene rings is 2. The normalized spacial score (nSPS) is 13.0. The summed E-state index contributed by atoms with van der Waals surface area (Å²) >= 11 is 0. The average molecular weight is 350 g/mol. The number of ketones is 1. The molecule has 26 heavy (non-hydrogen) atoms. The molecule has 2 heterocycles. The van der Waals surface area contributed by atoms with Gasteiger partial charge in [0.2, 0.25) is 5.78 Å². The van der Waals surface area contributed by atoms with Crippen LogP contribution in [0.5, 0.6) is 5.75 Å². The molecule has 2 aromatic carbocycles. The van der Waals surface area contributed by atoms with E-state index in [2.05, 4.69) is 10.3 Å². The van der Waals surface area contributed by atoms with E-state index >= 15 is 0 Å². The van der Waals surface area contributed by atoms with Gasteiger partial charge in [-0.3, -0.25) is 14.4 Å². The largest absolute Gasteiger partial charge is 0.482 e. The summed E-state index contributed by atoms with van der Waals surface area (Å²) in [6.07, 6.45) is -0.268. The molecule has 0 fully saturated rings. The number of amides is 1. The Bertz CT molecular complexity index is 1070. The Kier molecular flexibility index (Phi) is 3.69. The zero-order valence-corrected chi connectivity index (χ0v) is 13.5. The number of carbonyl (C=O) groups is 3. The summed E-state index contributed by atoms with van der Waals surface area (Å²) in [7, 11) is 0. The Morgan fingerprint density at radius 2 is 1.96 bits per heavy atom. The molecule has 1 amide bonds. The highest BCUT2D eigenvalue weighted by Crippen LogP contribution is 2.31. The number of ether oxygens (including phenoxy) is 1. The second-order valence-electron chi connectivity index (χ2n) is 5.97. The highest BCUT2D eigenvalue weighted by Gasteiger charge is 2.23. The van der Waals surface area contributed by atoms with Crippen LogP contribution >= 0.6 is 0 Å². The minimum absolute atomic E-state index is 0.0644. The standard InChI is InChI=1S/C19H14N2O5/c22-16-9-26-15-6-5-10(7-14(15)20-16)19(25)18-12(8-17(23)24)11-3-1-2-4-13(11)21-18/h1-7,21H,8-9H2,(H,20,22)(H,23,24). The van der Waals surface area contributed by atoms with Gasteiger partial charge >= 0.3 is 5.97 Å². The van der Waals surface area contributed by atoms with Crippen LogP contribution in [0.15, 0.2) is 42.5 Å². The van der Waals surface area contributed by atoms with Gasteiger partial charge < -0.3 is 20.1 Å². The lowest BCUT2D eigenvalue weighted by molar-refractivity contribution is -0.136. The third-order valence-corrected chi connectivity index (χ3v) is 4.24. The van der Waals surface area contributed by atoms with Crippen molar-refractivity contribution in [3.8, 4) is 5.75 Å². The number of para-hydroxylation sites is 1. The van der Waals surface area contributed by atoms with E-state index in [9.17, 15) is 19.5 Å². The Labute approximate surface area is 147 Å². The maximum Gasteiger partial charge on any atom is 0.307 e. The van der Waals surface area contributed by atoms with Gasteiger partial charge in [0, 0.05) is 22.0 Å². The van der Waals surface area contributed by atoms with Crippen LogP contribution in [-0.2, 0) is 16.0 Å². The molecule has 4 rings (SSSR count). The average Bonchev–Trinajstić information content (AvgIpc) is 2.98. The first-order valence-electron chi connectivity index (χ1n) is 7.95. The second-order valence-corrected chi connectivity index (χ2v) is 5.97. The van der Waals surface area contributed by atoms with E-state index in [-0.39, 0.29) is 30.4 Å². The van der Waals surface area contributed by atoms with Crippen molar-refractivity contribution >= 4 is 34.3 Å². The fourth-order valence-electron chi connectivity index (χ4n) is 3.10. The summed E-state index contributed by atoms with van der Waals surface area (Å²) in [6, 6.07) is 11.9. The van der Waals surface area contributed by atoms with Crippen molar-refractivity contribution in [2.24, 2.45) is 0 Å². The van der Waals surface area contributed by atoms with Gasteiger partial charge in [-0.25, -0.2) is 0 Å². The number of carboxylic acid groups (broad SMARTS) is 1. The number of nitrogens with one attached hydrogen (secondary N) is 2. The Balaban J connectivity index is 1.80. The van der Waals surface area contributed by atoms with Crippen LogP contribution in [0.1, 0.15) is 21.6 Å². The van der Waals surface area contributed by atoms with Gasteiger partial charge in [0.15, 0.2) is 6.61 Å². The van der Waals surface area contributed by atoms with Gasteiger partial charge in [0.05, 0.1) is 17.8 Å². The maximum absolute atomic E-state index is 13.0. The van der Waals surface area contributed by atoms with E-state index in [0.717, 1.165) is 0 Å². The fourth-order valence-corrected chi connectivity index (χ4v) is 3.10. The van der Waals surface area contributed by atoms with Crippen LogP contribution in [0, 0.1) is 0 Å². The van der Waals surface area contributed by atoms with E-state index in [0.29, 0.717) is 33.5 Å². The van der Waals surface area contributed by atoms with Crippen LogP contribution in [0.2, 0.25) is 0 Å². The molecule has 0 unspecified atom stereocenters. The maximum atomic E-state index is 13.0. The number of rotatable bonds is 4. The zero-order chi connectivity index (χ0) is 18.3. The van der Waals surface area contributed by atoms with Crippen molar-refractivity contribution in [2.45, 2.75) is 6.42 Å². The molecular formula is C19H14N2O5. The third-order valence-electron chi connectivity index (χ3n) is 4.24. The third kappa shape index (κ3) is 2.69. The summed E-state index contributed by atoms with van der Waals surface area (Å²) in [5.74, 6) is -1.17. The van der Waals surface area contributed by atoms with Gasteiger partial charge in [-0.05, 0) is 24.3 Å². The molecule has 0 radical (unpaired) electrons. The molecule has 1 aromatic heterocycles. The van der Waals surface area contributed by atoms with Crippen LogP contribution in [-0.4, -0.2) is 34.4 Å². The first-order valence-corrected chi connectivity index (χ1v) is 7.95. The quantitative estimate of drug-likeness (QED) is 0.626. The molecule has 0 atom stereocenters. The van der Waals surface area contributed by atoms with E-state index in [1.54, 1.807) is 30.3 Å². The Morgan fingerprint density at radius 3 is 2.77 bits per heavy atom. The number of hydrogen-bond donors (Lipinski definition) is 3. The molecule has 7 nitrogen and oxygen atoms in total. The Morgan fingerprint density at radius 1 is 1.15 bits per heavy atom. The van der Waals surface area contributed by atoms with Gasteiger partial charge in [0.1, 0.15) is 5.75 Å². The monoisotopic (exact) mass is 350 g/mol. The summed E-state index contributed by atoms with van der Waals surface area (Å²) in [4.78, 5) is 38.8. The molecule has 3 aromatic rings. The van der Waals surface area contributed by atoms with Crippen molar-refractivity contribution < 1.29 is 24.2 Å². The van der Waals surface area contributed by atoms with E-state index < -0.39 is 5.97 Å². The molecule has 0 bridgehead atoms. The van der Waals surface area contributed by atoms with Gasteiger partial charge in [-0.2, -0.15) is 0 Å². The van der Waals surface area contributed by atoms with Gasteiger partial charge in [-0.15, -0.1) is 0 Å². The number of aromatic amines is 1. The molecule has 0 spiro atoms. The highest BCUT2D eigenvalue weighted by atomic mass is 16.5. The SMILES string of the molecule is O=C(O)Cc1c(C(=O)c2ccc3c(c2)NC(=O)CO3)[nH]c2ccccc12. The molecule has 0 aliphatic carbocycles. The topological polar surface area (TPSA) is 108 Å². The van der Waals surface area contributed by atoms with E-state index in [1.807, 2.05) is 6.07 Å². The number of hydrogen-bond acceptors (Lipinski definition) is 4. The number of fused-ring (bicyclic) bond motifs is 2. The smallest absolute Gasteiger partial charge is 0.307 e. The van der Waals surface area contributed by atoms with E-state index in [4.69, 9.17) is 4.74 Å². The highest BCUT2D eigenvalue weighted by molar-refractivity contribution is 6.13. The Hall–Kier alpha value is -3.61. The van der Waals surface area contributed by atoms with Crippen molar-refractivity contribution in [3.05, 3.63) is 59.3 Å². The zero-order valence-electron chi connectivity index (χ0n) is 13.5. The molecule has 130 valence electrons. The van der Waals surface area contributed by atoms with Crippen molar-refractivity contribution in [2.75, 3.05) is 11.9 Å². The van der Waals surface area contributed by atoms with Crippen molar-refractivity contribution in [1.29, 1.82) is 0 Å². The molecular weight excluding hydrogens is 336 g/mol. The van der Waals surface area contributed by atoms with Crippen molar-refractivity contribution in [3.63, 3.8) is 0 Å². The molecule has 0 saturated heterocycles. The van der Waals surface area contributed by atoms with E-state index in [1.165, 1.54) is 6.07 Å². The molecule has 1 aliphatic heterocycles. The van der Waals surface area contributed by atoms with Crippen LogP contribution in [0.3, 0.4) is 0 Å². The number of carbonyl (C=O) groups excluding carboxylic acids is 2. The molecule has 0 saturated carbocycles. The molecule has 1 aliphatic rings. The lowest BCUT2D eigenvalue weighted by atomic mass is 10.0. The van der Waals surface area contributed by atoms with Crippen LogP contribution in [0.25, 0.3) is 10.9 Å². The first kappa shape index (κ1) is 15.9. The second kappa shape index (κ2) is 6.03. The number of aliphatic carboxylic acids is 1. The summed E-state index contributed by atoms with van der Waals surface area (Å²) in [6.45, 7) is -0.0644. The number of anilines is 1. The predicted octanol–water partition coefficient (Wildman–Crippen LogP) is 2.36. The van der Waals surface area contributed by atoms with Gasteiger partial charge in [-0.1, -0.05) is 18.2 Å². The molecule has 3 N–H and O–H groups in total. The number of aromatic nitrogens is 1.